The second kappa shape index (κ2) is 15.6. The van der Waals surface area contributed by atoms with E-state index in [4.69, 9.17) is 0 Å². The molecule has 0 bridgehead atoms. The van der Waals surface area contributed by atoms with Gasteiger partial charge in [0.15, 0.2) is 5.12 Å². The van der Waals surface area contributed by atoms with Gasteiger partial charge in [0.25, 0.3) is 0 Å². The summed E-state index contributed by atoms with van der Waals surface area (Å²) in [6.45, 7) is 19.9. The van der Waals surface area contributed by atoms with Gasteiger partial charge in [0.1, 0.15) is 5.78 Å². The Labute approximate surface area is 233 Å². The van der Waals surface area contributed by atoms with Crippen LogP contribution in [0.5, 0.6) is 0 Å². The van der Waals surface area contributed by atoms with Gasteiger partial charge in [-0.15, -0.1) is 12.3 Å². The van der Waals surface area contributed by atoms with Crippen LogP contribution in [0.3, 0.4) is 0 Å². The third-order valence-electron chi connectivity index (χ3n) is 4.66. The van der Waals surface area contributed by atoms with Gasteiger partial charge >= 0.3 is 0 Å². The molecule has 0 aromatic heterocycles. The van der Waals surface area contributed by atoms with Crippen LogP contribution in [-0.2, 0) is 42.3 Å². The summed E-state index contributed by atoms with van der Waals surface area (Å²) in [7, 11) is -0.475. The molecule has 1 unspecified atom stereocenters. The fourth-order valence-corrected chi connectivity index (χ4v) is 6.96. The molecule has 2 nitrogen and oxygen atoms in total. The van der Waals surface area contributed by atoms with Crippen molar-refractivity contribution in [2.45, 2.75) is 54.4 Å². The number of thioether (sulfide) groups is 1. The summed E-state index contributed by atoms with van der Waals surface area (Å²) in [5.41, 5.74) is 0.767. The SMILES string of the molecule is [CH2-]C(CC(C)(C)C)C(=O)C(C)(C)C.[CH2-]CC(=O)SCP(c1ccccc1)c1ccccc1.[Y]. The molecule has 5 heteroatoms. The van der Waals surface area contributed by atoms with Gasteiger partial charge in [-0.05, 0) is 23.9 Å². The number of carbonyl (C=O) groups excluding carboxylic acids is 2. The molecule has 179 valence electrons. The molecule has 0 saturated heterocycles. The molecule has 0 heterocycles. The van der Waals surface area contributed by atoms with Crippen molar-refractivity contribution in [2.24, 2.45) is 16.7 Å². The summed E-state index contributed by atoms with van der Waals surface area (Å²) in [4.78, 5) is 23.3. The molecule has 2 aromatic rings. The molecule has 2 aromatic carbocycles. The Bertz CT molecular complexity index is 787. The smallest absolute Gasteiger partial charge is 0.159 e. The van der Waals surface area contributed by atoms with Crippen molar-refractivity contribution in [2.75, 3.05) is 5.49 Å². The van der Waals surface area contributed by atoms with Crippen LogP contribution in [0.4, 0.5) is 0 Å². The number of ketones is 1. The minimum atomic E-state index is -0.475. The van der Waals surface area contributed by atoms with E-state index in [2.05, 4.69) is 83.1 Å². The Hall–Kier alpha value is -0.336. The van der Waals surface area contributed by atoms with Crippen molar-refractivity contribution in [3.63, 3.8) is 0 Å². The van der Waals surface area contributed by atoms with Gasteiger partial charge in [-0.1, -0.05) is 120 Å². The van der Waals surface area contributed by atoms with Crippen LogP contribution >= 0.6 is 19.7 Å². The van der Waals surface area contributed by atoms with E-state index in [9.17, 15) is 9.59 Å². The normalized spacial score (nSPS) is 12.3. The molecule has 0 aliphatic heterocycles. The molecule has 0 aliphatic carbocycles. The first-order valence-electron chi connectivity index (χ1n) is 11.0. The van der Waals surface area contributed by atoms with Crippen molar-refractivity contribution >= 4 is 41.2 Å². The van der Waals surface area contributed by atoms with Crippen LogP contribution in [0.15, 0.2) is 60.7 Å². The van der Waals surface area contributed by atoms with E-state index in [1.807, 2.05) is 32.9 Å². The van der Waals surface area contributed by atoms with Crippen molar-refractivity contribution in [3.05, 3.63) is 74.5 Å². The van der Waals surface area contributed by atoms with Gasteiger partial charge in [-0.2, -0.15) is 0 Å². The molecule has 33 heavy (non-hydrogen) atoms. The molecule has 1 radical (unpaired) electrons. The summed E-state index contributed by atoms with van der Waals surface area (Å²) >= 11 is 1.40. The van der Waals surface area contributed by atoms with E-state index >= 15 is 0 Å². The van der Waals surface area contributed by atoms with E-state index in [1.165, 1.54) is 22.4 Å². The van der Waals surface area contributed by atoms with E-state index in [1.54, 1.807) is 0 Å². The van der Waals surface area contributed by atoms with Crippen LogP contribution in [0.1, 0.15) is 54.4 Å². The number of benzene rings is 2. The number of Topliss-reactive ketones (excluding diaryl/α,β-unsaturated/α-hetero) is 1. The van der Waals surface area contributed by atoms with E-state index in [-0.39, 0.29) is 60.4 Å². The average molecular weight is 560 g/mol. The van der Waals surface area contributed by atoms with Gasteiger partial charge in [-0.25, -0.2) is 0 Å². The van der Waals surface area contributed by atoms with Crippen LogP contribution in [-0.4, -0.2) is 16.4 Å². The fraction of sp³-hybridized carbons (Fsp3) is 0.429. The Kier molecular flexibility index (Phi) is 15.5. The minimum Gasteiger partial charge on any atom is -0.335 e. The molecule has 0 spiro atoms. The van der Waals surface area contributed by atoms with E-state index in [0.717, 1.165) is 11.9 Å². The zero-order chi connectivity index (χ0) is 24.4. The first kappa shape index (κ1) is 32.7. The largest absolute Gasteiger partial charge is 0.335 e. The fourth-order valence-electron chi connectivity index (χ4n) is 3.17. The standard InChI is InChI=1S/C16H16OPS.C12H23O.Y/c1-2-16(17)19-13-18(14-9-5-3-6-10-14)15-11-7-4-8-12-15;1-9(8-11(2,3)4)10(13)12(5,6)7;/h3-12H,1-2,13H2;9H,1,8H2,2-7H3;/q2*-1;. The maximum absolute atomic E-state index is 11.8. The zero-order valence-corrected chi connectivity index (χ0v) is 25.7. The second-order valence-corrected chi connectivity index (χ2v) is 13.7. The predicted octanol–water partition coefficient (Wildman–Crippen LogP) is 7.05. The molecular formula is C28H39O2PSY-2. The second-order valence-electron chi connectivity index (χ2n) is 10.1. The molecular weight excluding hydrogens is 520 g/mol. The van der Waals surface area contributed by atoms with Crippen molar-refractivity contribution in [1.82, 2.24) is 0 Å². The van der Waals surface area contributed by atoms with Crippen LogP contribution in [0.25, 0.3) is 0 Å². The topological polar surface area (TPSA) is 34.1 Å². The molecule has 0 amide bonds. The monoisotopic (exact) mass is 559 g/mol. The number of hydrogen-bond acceptors (Lipinski definition) is 3. The molecule has 2 rings (SSSR count). The Morgan fingerprint density at radius 1 is 0.879 bits per heavy atom. The van der Waals surface area contributed by atoms with Crippen molar-refractivity contribution in [1.29, 1.82) is 0 Å². The summed E-state index contributed by atoms with van der Waals surface area (Å²) < 4.78 is 0. The molecule has 0 saturated carbocycles. The first-order chi connectivity index (χ1) is 14.8. The van der Waals surface area contributed by atoms with Gasteiger partial charge in [0.2, 0.25) is 0 Å². The third-order valence-corrected chi connectivity index (χ3v) is 8.58. The molecule has 0 fully saturated rings. The van der Waals surface area contributed by atoms with Gasteiger partial charge in [0, 0.05) is 43.6 Å². The third kappa shape index (κ3) is 13.4. The number of hydrogen-bond donors (Lipinski definition) is 0. The zero-order valence-electron chi connectivity index (χ0n) is 21.1. The first-order valence-corrected chi connectivity index (χ1v) is 13.6. The quantitative estimate of drug-likeness (QED) is 0.270. The van der Waals surface area contributed by atoms with Crippen LogP contribution < -0.4 is 10.6 Å². The summed E-state index contributed by atoms with van der Waals surface area (Å²) in [5.74, 6) is 0.197. The van der Waals surface area contributed by atoms with Gasteiger partial charge < -0.3 is 18.6 Å². The van der Waals surface area contributed by atoms with E-state index in [0.29, 0.717) is 6.42 Å². The van der Waals surface area contributed by atoms with Crippen molar-refractivity contribution in [3.8, 4) is 0 Å². The maximum atomic E-state index is 11.8. The van der Waals surface area contributed by atoms with Gasteiger partial charge in [-0.3, -0.25) is 4.79 Å². The predicted molar refractivity (Wildman–Crippen MR) is 144 cm³/mol. The number of rotatable bonds is 7. The summed E-state index contributed by atoms with van der Waals surface area (Å²) in [6.07, 6.45) is 1.22. The molecule has 0 N–H and O–H groups in total. The average Bonchev–Trinajstić information content (AvgIpc) is 2.73. The minimum absolute atomic E-state index is 0. The van der Waals surface area contributed by atoms with E-state index < -0.39 is 7.92 Å². The summed E-state index contributed by atoms with van der Waals surface area (Å²) in [6, 6.07) is 20.9. The van der Waals surface area contributed by atoms with Crippen molar-refractivity contribution < 1.29 is 42.3 Å². The Morgan fingerprint density at radius 2 is 1.30 bits per heavy atom. The Morgan fingerprint density at radius 3 is 1.64 bits per heavy atom. The van der Waals surface area contributed by atoms with Crippen LogP contribution in [0, 0.1) is 30.6 Å². The maximum Gasteiger partial charge on any atom is 0.159 e. The van der Waals surface area contributed by atoms with Crippen LogP contribution in [0.2, 0.25) is 0 Å². The Balaban J connectivity index is 0.000000649. The molecule has 1 atom stereocenters. The van der Waals surface area contributed by atoms with Gasteiger partial charge in [0.05, 0.1) is 0 Å². The number of carbonyl (C=O) groups is 2. The summed E-state index contributed by atoms with van der Waals surface area (Å²) in [5, 5.41) is 2.79. The molecule has 0 aliphatic rings.